The van der Waals surface area contributed by atoms with E-state index in [2.05, 4.69) is 5.32 Å². The van der Waals surface area contributed by atoms with Crippen LogP contribution in [0.1, 0.15) is 27.8 Å². The molecule has 196 valence electrons. The van der Waals surface area contributed by atoms with Crippen LogP contribution >= 0.6 is 0 Å². The van der Waals surface area contributed by atoms with Crippen LogP contribution in [0.4, 0.5) is 18.9 Å². The SMILES string of the molecule is O=C(Nc1ccc(-c2ccc(C(F)(F)F)cc2)cc1C(O)O)c1cccc(S(=O)(=O)N2CCOCC2)c1. The van der Waals surface area contributed by atoms with Gasteiger partial charge in [-0.15, -0.1) is 0 Å². The summed E-state index contributed by atoms with van der Waals surface area (Å²) in [4.78, 5) is 12.9. The number of ether oxygens (including phenoxy) is 1. The normalized spacial score (nSPS) is 15.1. The maximum absolute atomic E-state index is 12.9. The van der Waals surface area contributed by atoms with Crippen molar-refractivity contribution in [2.75, 3.05) is 31.6 Å². The molecule has 0 spiro atoms. The number of carbonyl (C=O) groups excluding carboxylic acids is 1. The summed E-state index contributed by atoms with van der Waals surface area (Å²) in [6, 6.07) is 14.0. The first kappa shape index (κ1) is 26.8. The smallest absolute Gasteiger partial charge is 0.379 e. The third-order valence-corrected chi connectivity index (χ3v) is 7.72. The number of hydrogen-bond acceptors (Lipinski definition) is 6. The van der Waals surface area contributed by atoms with E-state index in [9.17, 15) is 36.6 Å². The Labute approximate surface area is 211 Å². The van der Waals surface area contributed by atoms with Gasteiger partial charge >= 0.3 is 6.18 Å². The molecule has 0 unspecified atom stereocenters. The molecule has 1 amide bonds. The zero-order valence-electron chi connectivity index (χ0n) is 19.3. The number of halogens is 3. The van der Waals surface area contributed by atoms with Crippen molar-refractivity contribution < 1.29 is 41.3 Å². The summed E-state index contributed by atoms with van der Waals surface area (Å²) in [7, 11) is -3.84. The second-order valence-electron chi connectivity index (χ2n) is 8.25. The Morgan fingerprint density at radius 2 is 1.59 bits per heavy atom. The molecule has 0 atom stereocenters. The Hall–Kier alpha value is -3.29. The molecule has 3 aromatic rings. The number of hydrogen-bond donors (Lipinski definition) is 3. The third kappa shape index (κ3) is 6.00. The third-order valence-electron chi connectivity index (χ3n) is 5.83. The number of anilines is 1. The number of rotatable bonds is 6. The van der Waals surface area contributed by atoms with Gasteiger partial charge in [0, 0.05) is 29.9 Å². The Kier molecular flexibility index (Phi) is 7.67. The van der Waals surface area contributed by atoms with Gasteiger partial charge in [0.25, 0.3) is 5.91 Å². The van der Waals surface area contributed by atoms with Gasteiger partial charge in [-0.2, -0.15) is 17.5 Å². The van der Waals surface area contributed by atoms with Crippen molar-refractivity contribution in [1.82, 2.24) is 4.31 Å². The molecule has 0 aromatic heterocycles. The molecule has 1 heterocycles. The fourth-order valence-electron chi connectivity index (χ4n) is 3.85. The van der Waals surface area contributed by atoms with E-state index in [-0.39, 0.29) is 48.0 Å². The maximum atomic E-state index is 12.9. The second-order valence-corrected chi connectivity index (χ2v) is 10.2. The summed E-state index contributed by atoms with van der Waals surface area (Å²) < 4.78 is 70.8. The summed E-state index contributed by atoms with van der Waals surface area (Å²) in [6.45, 7) is 0.936. The highest BCUT2D eigenvalue weighted by molar-refractivity contribution is 7.89. The molecule has 1 saturated heterocycles. The second kappa shape index (κ2) is 10.6. The summed E-state index contributed by atoms with van der Waals surface area (Å²) in [5.74, 6) is -0.691. The van der Waals surface area contributed by atoms with E-state index < -0.39 is 34.0 Å². The number of carbonyl (C=O) groups is 1. The van der Waals surface area contributed by atoms with Crippen molar-refractivity contribution in [2.24, 2.45) is 0 Å². The van der Waals surface area contributed by atoms with E-state index in [1.165, 1.54) is 58.9 Å². The van der Waals surface area contributed by atoms with Gasteiger partial charge in [-0.25, -0.2) is 8.42 Å². The molecule has 8 nitrogen and oxygen atoms in total. The van der Waals surface area contributed by atoms with Crippen molar-refractivity contribution in [2.45, 2.75) is 17.4 Å². The molecular weight excluding hydrogens is 513 g/mol. The fourth-order valence-corrected chi connectivity index (χ4v) is 5.30. The predicted molar refractivity (Wildman–Crippen MR) is 128 cm³/mol. The number of aliphatic hydroxyl groups excluding tert-OH is 1. The Morgan fingerprint density at radius 3 is 2.22 bits per heavy atom. The standard InChI is InChI=1S/C25H23F3N2O6S/c26-25(27,28)19-7-4-16(5-8-19)17-6-9-22(21(15-17)24(32)33)29-23(31)18-2-1-3-20(14-18)37(34,35)30-10-12-36-13-11-30/h1-9,14-15,24,32-33H,10-13H2,(H,29,31). The van der Waals surface area contributed by atoms with Crippen LogP contribution in [0, 0.1) is 0 Å². The van der Waals surface area contributed by atoms with E-state index in [0.29, 0.717) is 11.1 Å². The number of aliphatic hydroxyl groups is 2. The van der Waals surface area contributed by atoms with Gasteiger partial charge in [0.1, 0.15) is 0 Å². The average Bonchev–Trinajstić information content (AvgIpc) is 2.89. The highest BCUT2D eigenvalue weighted by Gasteiger charge is 2.30. The lowest BCUT2D eigenvalue weighted by Gasteiger charge is -2.26. The largest absolute Gasteiger partial charge is 0.416 e. The van der Waals surface area contributed by atoms with Crippen LogP contribution in [0.2, 0.25) is 0 Å². The maximum Gasteiger partial charge on any atom is 0.416 e. The number of benzene rings is 3. The van der Waals surface area contributed by atoms with Crippen LogP contribution in [0.3, 0.4) is 0 Å². The van der Waals surface area contributed by atoms with Crippen molar-refractivity contribution >= 4 is 21.6 Å². The molecule has 1 aliphatic rings. The molecule has 0 saturated carbocycles. The number of sulfonamides is 1. The molecule has 3 N–H and O–H groups in total. The van der Waals surface area contributed by atoms with Crippen LogP contribution in [-0.2, 0) is 20.9 Å². The van der Waals surface area contributed by atoms with Gasteiger partial charge in [-0.1, -0.05) is 24.3 Å². The summed E-state index contributed by atoms with van der Waals surface area (Å²) >= 11 is 0. The molecular formula is C25H23F3N2O6S. The zero-order valence-corrected chi connectivity index (χ0v) is 20.1. The van der Waals surface area contributed by atoms with Gasteiger partial charge in [0.05, 0.1) is 23.7 Å². The lowest BCUT2D eigenvalue weighted by Crippen LogP contribution is -2.40. The van der Waals surface area contributed by atoms with E-state index >= 15 is 0 Å². The van der Waals surface area contributed by atoms with Crippen molar-refractivity contribution in [1.29, 1.82) is 0 Å². The molecule has 37 heavy (non-hydrogen) atoms. The minimum Gasteiger partial charge on any atom is -0.379 e. The summed E-state index contributed by atoms with van der Waals surface area (Å²) in [6.07, 6.45) is -6.49. The predicted octanol–water partition coefficient (Wildman–Crippen LogP) is 3.63. The average molecular weight is 537 g/mol. The Balaban J connectivity index is 1.58. The van der Waals surface area contributed by atoms with Gasteiger partial charge in [-0.3, -0.25) is 4.79 Å². The minimum atomic E-state index is -4.49. The van der Waals surface area contributed by atoms with Crippen molar-refractivity contribution in [3.8, 4) is 11.1 Å². The quantitative estimate of drug-likeness (QED) is 0.415. The van der Waals surface area contributed by atoms with Crippen molar-refractivity contribution in [3.63, 3.8) is 0 Å². The molecule has 3 aromatic carbocycles. The molecule has 12 heteroatoms. The lowest BCUT2D eigenvalue weighted by molar-refractivity contribution is -0.137. The van der Waals surface area contributed by atoms with E-state index in [1.54, 1.807) is 0 Å². The van der Waals surface area contributed by atoms with Gasteiger partial charge in [-0.05, 0) is 53.6 Å². The molecule has 4 rings (SSSR count). The van der Waals surface area contributed by atoms with Crippen molar-refractivity contribution in [3.05, 3.63) is 83.4 Å². The molecule has 0 aliphatic carbocycles. The van der Waals surface area contributed by atoms with Crippen LogP contribution in [0.25, 0.3) is 11.1 Å². The first-order valence-corrected chi connectivity index (χ1v) is 12.6. The Morgan fingerprint density at radius 1 is 0.946 bits per heavy atom. The van der Waals surface area contributed by atoms with Crippen LogP contribution < -0.4 is 5.32 Å². The molecule has 1 fully saturated rings. The van der Waals surface area contributed by atoms with E-state index in [0.717, 1.165) is 12.1 Å². The number of amides is 1. The van der Waals surface area contributed by atoms with E-state index in [1.807, 2.05) is 0 Å². The van der Waals surface area contributed by atoms with Crippen LogP contribution in [0.5, 0.6) is 0 Å². The zero-order chi connectivity index (χ0) is 26.8. The lowest BCUT2D eigenvalue weighted by atomic mass is 10.00. The number of nitrogens with one attached hydrogen (secondary N) is 1. The summed E-state index contributed by atoms with van der Waals surface area (Å²) in [5.41, 5.74) is -0.0536. The molecule has 1 aliphatic heterocycles. The highest BCUT2D eigenvalue weighted by Crippen LogP contribution is 2.33. The number of alkyl halides is 3. The van der Waals surface area contributed by atoms with Gasteiger partial charge < -0.3 is 20.3 Å². The monoisotopic (exact) mass is 536 g/mol. The van der Waals surface area contributed by atoms with Crippen LogP contribution in [0.15, 0.2) is 71.6 Å². The summed E-state index contributed by atoms with van der Waals surface area (Å²) in [5, 5.41) is 22.3. The first-order valence-electron chi connectivity index (χ1n) is 11.1. The Bertz CT molecular complexity index is 1390. The van der Waals surface area contributed by atoms with Gasteiger partial charge in [0.2, 0.25) is 10.0 Å². The topological polar surface area (TPSA) is 116 Å². The van der Waals surface area contributed by atoms with Crippen LogP contribution in [-0.4, -0.2) is 55.1 Å². The molecule has 0 radical (unpaired) electrons. The molecule has 0 bridgehead atoms. The number of nitrogens with zero attached hydrogens (tertiary/aromatic N) is 1. The van der Waals surface area contributed by atoms with Gasteiger partial charge in [0.15, 0.2) is 6.29 Å². The fraction of sp³-hybridized carbons (Fsp3) is 0.240. The minimum absolute atomic E-state index is 0.0273. The number of morpholine rings is 1. The first-order chi connectivity index (χ1) is 17.5. The highest BCUT2D eigenvalue weighted by atomic mass is 32.2. The van der Waals surface area contributed by atoms with E-state index in [4.69, 9.17) is 4.74 Å².